The second-order valence-corrected chi connectivity index (χ2v) is 21.4. The largest absolute Gasteiger partial charge is 0.497 e. The molecule has 4 heterocycles. The first-order valence-corrected chi connectivity index (χ1v) is 23.4. The van der Waals surface area contributed by atoms with Gasteiger partial charge in [0, 0.05) is 23.4 Å². The molecule has 1 fully saturated rings. The van der Waals surface area contributed by atoms with Gasteiger partial charge < -0.3 is 24.4 Å². The number of amides is 2. The van der Waals surface area contributed by atoms with Crippen molar-refractivity contribution in [2.24, 2.45) is 5.92 Å². The Morgan fingerprint density at radius 1 is 0.915 bits per heavy atom. The summed E-state index contributed by atoms with van der Waals surface area (Å²) in [6.07, 6.45) is 1.64. The van der Waals surface area contributed by atoms with Crippen LogP contribution in [0.3, 0.4) is 0 Å². The number of methoxy groups -OCH3 is 1. The predicted molar refractivity (Wildman–Crippen MR) is 231 cm³/mol. The van der Waals surface area contributed by atoms with Crippen molar-refractivity contribution in [3.8, 4) is 11.4 Å². The van der Waals surface area contributed by atoms with Crippen LogP contribution in [-0.4, -0.2) is 65.5 Å². The number of anilines is 1. The van der Waals surface area contributed by atoms with Crippen LogP contribution in [0.1, 0.15) is 35.6 Å². The van der Waals surface area contributed by atoms with E-state index in [1.54, 1.807) is 29.2 Å². The van der Waals surface area contributed by atoms with Crippen LogP contribution in [0.15, 0.2) is 132 Å². The van der Waals surface area contributed by atoms with Crippen LogP contribution in [0, 0.1) is 5.92 Å². The van der Waals surface area contributed by atoms with Crippen molar-refractivity contribution >= 4 is 41.5 Å². The number of aromatic nitrogens is 2. The second-order valence-electron chi connectivity index (χ2n) is 16.7. The average Bonchev–Trinajstić information content (AvgIpc) is 3.69. The molecular formula is C48H48N4O6Si. The molecule has 1 aromatic heterocycles. The lowest BCUT2D eigenvalue weighted by molar-refractivity contribution is -0.151. The minimum absolute atomic E-state index is 0.0364. The van der Waals surface area contributed by atoms with Crippen LogP contribution in [0.5, 0.6) is 5.75 Å². The Balaban J connectivity index is 1.18. The maximum absolute atomic E-state index is 15.5. The Morgan fingerprint density at radius 3 is 2.37 bits per heavy atom. The molecule has 9 rings (SSSR count). The highest BCUT2D eigenvalue weighted by atomic mass is 28.3. The molecule has 0 unspecified atom stereocenters. The molecule has 3 aliphatic rings. The summed E-state index contributed by atoms with van der Waals surface area (Å²) in [5, 5.41) is 17.6. The van der Waals surface area contributed by atoms with Gasteiger partial charge in [-0.3, -0.25) is 14.4 Å². The monoisotopic (exact) mass is 804 g/mol. The van der Waals surface area contributed by atoms with Crippen LogP contribution in [0.2, 0.25) is 18.6 Å². The molecule has 59 heavy (non-hydrogen) atoms. The van der Waals surface area contributed by atoms with Crippen LogP contribution in [0.25, 0.3) is 16.5 Å². The molecule has 5 atom stereocenters. The first-order chi connectivity index (χ1) is 28.5. The molecule has 6 aromatic rings. The maximum Gasteiger partial charge on any atom is 0.279 e. The molecule has 300 valence electrons. The van der Waals surface area contributed by atoms with E-state index in [0.717, 1.165) is 33.0 Å². The van der Waals surface area contributed by atoms with Crippen molar-refractivity contribution < 1.29 is 24.2 Å². The van der Waals surface area contributed by atoms with Gasteiger partial charge in [-0.2, -0.15) is 9.78 Å². The Hall–Kier alpha value is -5.88. The number of aliphatic hydroxyl groups is 1. The first kappa shape index (κ1) is 38.6. The number of carbonyl (C=O) groups excluding carboxylic acids is 2. The highest BCUT2D eigenvalue weighted by molar-refractivity contribution is 6.91. The van der Waals surface area contributed by atoms with Gasteiger partial charge in [0.15, 0.2) is 5.60 Å². The zero-order valence-corrected chi connectivity index (χ0v) is 34.7. The number of nitrogens with zero attached hydrogens (tertiary/aromatic N) is 4. The van der Waals surface area contributed by atoms with E-state index in [-0.39, 0.29) is 47.9 Å². The fourth-order valence-corrected chi connectivity index (χ4v) is 14.2. The normalized spacial score (nSPS) is 22.5. The Kier molecular flexibility index (Phi) is 9.85. The van der Waals surface area contributed by atoms with Crippen LogP contribution >= 0.6 is 0 Å². The number of hydrogen-bond acceptors (Lipinski definition) is 7. The summed E-state index contributed by atoms with van der Waals surface area (Å²) in [4.78, 5) is 47.8. The molecule has 10 nitrogen and oxygen atoms in total. The smallest absolute Gasteiger partial charge is 0.279 e. The van der Waals surface area contributed by atoms with E-state index in [4.69, 9.17) is 9.47 Å². The van der Waals surface area contributed by atoms with Gasteiger partial charge in [-0.15, -0.1) is 0 Å². The zero-order valence-electron chi connectivity index (χ0n) is 33.7. The summed E-state index contributed by atoms with van der Waals surface area (Å²) in [5.41, 5.74) is 3.09. The maximum atomic E-state index is 15.5. The third kappa shape index (κ3) is 6.39. The molecule has 0 bridgehead atoms. The molecule has 1 N–H and O–H groups in total. The van der Waals surface area contributed by atoms with Gasteiger partial charge in [-0.05, 0) is 65.1 Å². The fourth-order valence-electron chi connectivity index (χ4n) is 10.2. The van der Waals surface area contributed by atoms with Gasteiger partial charge in [0.1, 0.15) is 5.75 Å². The third-order valence-corrected chi connectivity index (χ3v) is 17.6. The Labute approximate surface area is 344 Å². The number of ether oxygens (including phenoxy) is 2. The van der Waals surface area contributed by atoms with Crippen molar-refractivity contribution in [3.63, 3.8) is 0 Å². The highest BCUT2D eigenvalue weighted by Crippen LogP contribution is 2.60. The summed E-state index contributed by atoms with van der Waals surface area (Å²) in [5.74, 6) is 0.0482. The number of rotatable bonds is 9. The summed E-state index contributed by atoms with van der Waals surface area (Å²) in [6.45, 7) is 7.23. The summed E-state index contributed by atoms with van der Waals surface area (Å²) >= 11 is 0. The summed E-state index contributed by atoms with van der Waals surface area (Å²) in [6, 6.07) is 38.7. The first-order valence-electron chi connectivity index (χ1n) is 20.3. The van der Waals surface area contributed by atoms with Crippen molar-refractivity contribution in [3.05, 3.63) is 160 Å². The summed E-state index contributed by atoms with van der Waals surface area (Å²) < 4.78 is 14.3. The van der Waals surface area contributed by atoms with Gasteiger partial charge in [-0.25, -0.2) is 0 Å². The van der Waals surface area contributed by atoms with Gasteiger partial charge >= 0.3 is 0 Å². The van der Waals surface area contributed by atoms with Crippen LogP contribution in [-0.2, 0) is 39.4 Å². The molecule has 3 aliphatic heterocycles. The molecule has 0 aliphatic carbocycles. The lowest BCUT2D eigenvalue weighted by atomic mass is 9.82. The molecule has 0 radical (unpaired) electrons. The van der Waals surface area contributed by atoms with E-state index in [1.165, 1.54) is 4.68 Å². The van der Waals surface area contributed by atoms with Crippen LogP contribution < -0.4 is 20.4 Å². The van der Waals surface area contributed by atoms with Crippen molar-refractivity contribution in [2.75, 3.05) is 18.6 Å². The van der Waals surface area contributed by atoms with E-state index >= 15 is 4.79 Å². The minimum Gasteiger partial charge on any atom is -0.497 e. The highest BCUT2D eigenvalue weighted by Gasteiger charge is 2.66. The second kappa shape index (κ2) is 15.1. The van der Waals surface area contributed by atoms with Crippen molar-refractivity contribution in [1.82, 2.24) is 14.7 Å². The topological polar surface area (TPSA) is 114 Å². The average molecular weight is 805 g/mol. The lowest BCUT2D eigenvalue weighted by Gasteiger charge is -2.39. The molecule has 5 aromatic carbocycles. The van der Waals surface area contributed by atoms with E-state index in [2.05, 4.69) is 43.3 Å². The van der Waals surface area contributed by atoms with E-state index in [9.17, 15) is 14.7 Å². The SMILES string of the molecule is COc1ccc([Si](C)(C)[C@@H]2[C@@H](CC(=O)N3Cc4ccccc4C[C@H]3CO)O[C@]3(C(=O)N(Cc4ccccc4)c4ccc(-n5ncc6ccccc6c5=O)cc43)[C@H]2C)cc1. The van der Waals surface area contributed by atoms with Crippen LogP contribution in [0.4, 0.5) is 5.69 Å². The van der Waals surface area contributed by atoms with E-state index in [0.29, 0.717) is 41.8 Å². The fraction of sp³-hybridized carbons (Fsp3) is 0.292. The molecule has 1 saturated heterocycles. The summed E-state index contributed by atoms with van der Waals surface area (Å²) in [7, 11) is -0.957. The van der Waals surface area contributed by atoms with Gasteiger partial charge in [0.2, 0.25) is 5.91 Å². The van der Waals surface area contributed by atoms with Crippen molar-refractivity contribution in [2.45, 2.75) is 69.2 Å². The molecule has 1 spiro atoms. The minimum atomic E-state index is -2.60. The number of benzene rings is 5. The number of carbonyl (C=O) groups is 2. The van der Waals surface area contributed by atoms with Gasteiger partial charge in [0.05, 0.1) is 69.9 Å². The van der Waals surface area contributed by atoms with E-state index in [1.807, 2.05) is 97.1 Å². The zero-order chi connectivity index (χ0) is 41.1. The number of fused-ring (bicyclic) bond motifs is 4. The van der Waals surface area contributed by atoms with Gasteiger partial charge in [0.25, 0.3) is 11.5 Å². The Bertz CT molecular complexity index is 2630. The van der Waals surface area contributed by atoms with E-state index < -0.39 is 19.8 Å². The third-order valence-electron chi connectivity index (χ3n) is 13.2. The number of aliphatic hydroxyl groups excluding tert-OH is 1. The lowest BCUT2D eigenvalue weighted by Crippen LogP contribution is -2.52. The quantitative estimate of drug-likeness (QED) is 0.166. The molecule has 0 saturated carbocycles. The predicted octanol–water partition coefficient (Wildman–Crippen LogP) is 6.49. The molecule has 2 amide bonds. The molecular weight excluding hydrogens is 757 g/mol. The van der Waals surface area contributed by atoms with Crippen molar-refractivity contribution in [1.29, 1.82) is 0 Å². The Morgan fingerprint density at radius 2 is 1.63 bits per heavy atom. The standard InChI is InChI=1S/C48H48N4O6Si/c1-31-45(59(3,4)39-21-19-38(57-2)20-22-39)43(26-44(54)50-29-35-16-9-8-14-33(35)24-37(50)30-53)58-48(31)41-25-36(52-46(55)40-17-11-10-15-34(40)27-49-52)18-23-42(41)51(47(48)56)28-32-12-6-5-7-13-32/h5-23,25,27,31,37,43,45,53H,24,26,28-30H2,1-4H3/t31-,37-,43+,45-,48+/m0/s1. The number of hydrogen-bond donors (Lipinski definition) is 1. The van der Waals surface area contributed by atoms with Gasteiger partial charge in [-0.1, -0.05) is 110 Å². The molecule has 11 heteroatoms.